The Labute approximate surface area is 104 Å². The Hall–Kier alpha value is -0.870. The zero-order valence-corrected chi connectivity index (χ0v) is 10.9. The summed E-state index contributed by atoms with van der Waals surface area (Å²) in [5.74, 6) is 0.0284. The predicted octanol–water partition coefficient (Wildman–Crippen LogP) is 2.73. The average Bonchev–Trinajstić information content (AvgIpc) is 2.60. The van der Waals surface area contributed by atoms with Crippen molar-refractivity contribution in [1.82, 2.24) is 4.90 Å². The highest BCUT2D eigenvalue weighted by atomic mass is 35.5. The van der Waals surface area contributed by atoms with Crippen LogP contribution in [0.4, 0.5) is 0 Å². The first-order valence-electron chi connectivity index (χ1n) is 4.96. The summed E-state index contributed by atoms with van der Waals surface area (Å²) in [6.07, 6.45) is 0.597. The number of ketones is 1. The normalized spacial score (nSPS) is 10.2. The van der Waals surface area contributed by atoms with E-state index in [0.29, 0.717) is 13.0 Å². The largest absolute Gasteiger partial charge is 0.341 e. The molecule has 0 bridgehead atoms. The number of amides is 1. The smallest absolute Gasteiger partial charge is 0.223 e. The molecule has 0 atom stereocenters. The van der Waals surface area contributed by atoms with Crippen LogP contribution < -0.4 is 0 Å². The third-order valence-corrected chi connectivity index (χ3v) is 3.35. The Bertz CT molecular complexity index is 389. The van der Waals surface area contributed by atoms with Crippen molar-refractivity contribution in [2.45, 2.75) is 26.3 Å². The Morgan fingerprint density at radius 2 is 2.06 bits per heavy atom. The Morgan fingerprint density at radius 3 is 2.56 bits per heavy atom. The van der Waals surface area contributed by atoms with Crippen LogP contribution in [-0.2, 0) is 16.1 Å². The highest BCUT2D eigenvalue weighted by molar-refractivity contribution is 7.16. The molecule has 0 aliphatic carbocycles. The maximum atomic E-state index is 11.6. The van der Waals surface area contributed by atoms with Crippen molar-refractivity contribution in [3.05, 3.63) is 21.3 Å². The van der Waals surface area contributed by atoms with Gasteiger partial charge in [-0.2, -0.15) is 0 Å². The van der Waals surface area contributed by atoms with E-state index < -0.39 is 0 Å². The molecule has 0 aliphatic rings. The second kappa shape index (κ2) is 6.01. The number of carbonyl (C=O) groups is 2. The van der Waals surface area contributed by atoms with Crippen molar-refractivity contribution >= 4 is 34.6 Å². The molecule has 0 unspecified atom stereocenters. The van der Waals surface area contributed by atoms with E-state index in [-0.39, 0.29) is 18.1 Å². The van der Waals surface area contributed by atoms with Gasteiger partial charge in [0.25, 0.3) is 0 Å². The number of rotatable bonds is 5. The molecule has 0 N–H and O–H groups in total. The number of nitrogens with zero attached hydrogens (tertiary/aromatic N) is 1. The van der Waals surface area contributed by atoms with Gasteiger partial charge in [-0.25, -0.2) is 0 Å². The number of hydrogen-bond donors (Lipinski definition) is 0. The molecule has 16 heavy (non-hydrogen) atoms. The van der Waals surface area contributed by atoms with Gasteiger partial charge in [0.2, 0.25) is 5.91 Å². The van der Waals surface area contributed by atoms with Crippen LogP contribution in [0.25, 0.3) is 0 Å². The molecule has 0 aliphatic heterocycles. The fraction of sp³-hybridized carbons (Fsp3) is 0.455. The van der Waals surface area contributed by atoms with Crippen LogP contribution in [0.15, 0.2) is 12.1 Å². The van der Waals surface area contributed by atoms with Gasteiger partial charge >= 0.3 is 0 Å². The topological polar surface area (TPSA) is 37.4 Å². The third kappa shape index (κ3) is 4.33. The molecule has 0 radical (unpaired) electrons. The van der Waals surface area contributed by atoms with Gasteiger partial charge in [-0.1, -0.05) is 11.6 Å². The van der Waals surface area contributed by atoms with Crippen molar-refractivity contribution in [2.75, 3.05) is 7.05 Å². The summed E-state index contributed by atoms with van der Waals surface area (Å²) in [6, 6.07) is 3.72. The fourth-order valence-electron chi connectivity index (χ4n) is 1.23. The summed E-state index contributed by atoms with van der Waals surface area (Å²) in [6.45, 7) is 2.04. The summed E-state index contributed by atoms with van der Waals surface area (Å²) in [5.41, 5.74) is 0. The third-order valence-electron chi connectivity index (χ3n) is 2.14. The number of Topliss-reactive ketones (excluding diaryl/α,β-unsaturated/α-hetero) is 1. The van der Waals surface area contributed by atoms with Crippen LogP contribution in [0.2, 0.25) is 4.34 Å². The maximum absolute atomic E-state index is 11.6. The highest BCUT2D eigenvalue weighted by Gasteiger charge is 2.11. The van der Waals surface area contributed by atoms with Crippen molar-refractivity contribution < 1.29 is 9.59 Å². The van der Waals surface area contributed by atoms with Crippen LogP contribution in [0.5, 0.6) is 0 Å². The average molecular weight is 260 g/mol. The second-order valence-electron chi connectivity index (χ2n) is 3.66. The zero-order valence-electron chi connectivity index (χ0n) is 9.33. The molecule has 0 aromatic carbocycles. The first-order valence-corrected chi connectivity index (χ1v) is 6.16. The minimum Gasteiger partial charge on any atom is -0.341 e. The van der Waals surface area contributed by atoms with Gasteiger partial charge < -0.3 is 9.69 Å². The Balaban J connectivity index is 2.42. The minimum absolute atomic E-state index is 0.0141. The van der Waals surface area contributed by atoms with E-state index >= 15 is 0 Å². The van der Waals surface area contributed by atoms with E-state index in [9.17, 15) is 9.59 Å². The van der Waals surface area contributed by atoms with E-state index in [1.54, 1.807) is 11.9 Å². The van der Waals surface area contributed by atoms with Crippen LogP contribution in [0, 0.1) is 0 Å². The molecule has 3 nitrogen and oxygen atoms in total. The summed E-state index contributed by atoms with van der Waals surface area (Å²) in [7, 11) is 1.73. The quantitative estimate of drug-likeness (QED) is 0.815. The van der Waals surface area contributed by atoms with Gasteiger partial charge in [0.15, 0.2) is 0 Å². The van der Waals surface area contributed by atoms with Gasteiger partial charge in [-0.05, 0) is 19.1 Å². The van der Waals surface area contributed by atoms with Crippen molar-refractivity contribution in [1.29, 1.82) is 0 Å². The van der Waals surface area contributed by atoms with Gasteiger partial charge in [0, 0.05) is 24.8 Å². The van der Waals surface area contributed by atoms with Gasteiger partial charge in [0.1, 0.15) is 5.78 Å². The first-order chi connectivity index (χ1) is 7.49. The van der Waals surface area contributed by atoms with E-state index in [2.05, 4.69) is 0 Å². The van der Waals surface area contributed by atoms with E-state index in [1.807, 2.05) is 12.1 Å². The molecule has 0 saturated heterocycles. The lowest BCUT2D eigenvalue weighted by atomic mass is 10.2. The molecular weight excluding hydrogens is 246 g/mol. The highest BCUT2D eigenvalue weighted by Crippen LogP contribution is 2.22. The molecular formula is C11H14ClNO2S. The molecule has 0 fully saturated rings. The molecule has 5 heteroatoms. The Kier molecular flexibility index (Phi) is 4.96. The number of carbonyl (C=O) groups excluding carboxylic acids is 2. The van der Waals surface area contributed by atoms with Crippen LogP contribution in [0.1, 0.15) is 24.6 Å². The van der Waals surface area contributed by atoms with Gasteiger partial charge in [-0.15, -0.1) is 11.3 Å². The molecule has 1 amide bonds. The number of halogens is 1. The number of thiophene rings is 1. The van der Waals surface area contributed by atoms with Crippen molar-refractivity contribution in [3.63, 3.8) is 0 Å². The fourth-order valence-corrected chi connectivity index (χ4v) is 2.37. The molecule has 1 heterocycles. The van der Waals surface area contributed by atoms with Crippen molar-refractivity contribution in [3.8, 4) is 0 Å². The first kappa shape index (κ1) is 13.2. The van der Waals surface area contributed by atoms with Crippen LogP contribution in [0.3, 0.4) is 0 Å². The Morgan fingerprint density at radius 1 is 1.38 bits per heavy atom. The molecule has 1 aromatic heterocycles. The SMILES string of the molecule is CC(=O)CCC(=O)N(C)Cc1ccc(Cl)s1. The molecule has 1 rings (SSSR count). The summed E-state index contributed by atoms with van der Waals surface area (Å²) in [4.78, 5) is 25.0. The van der Waals surface area contributed by atoms with Crippen LogP contribution >= 0.6 is 22.9 Å². The molecule has 0 saturated carbocycles. The second-order valence-corrected chi connectivity index (χ2v) is 5.46. The standard InChI is InChI=1S/C11H14ClNO2S/c1-8(14)3-6-11(15)13(2)7-9-4-5-10(12)16-9/h4-5H,3,6-7H2,1-2H3. The molecule has 88 valence electrons. The van der Waals surface area contributed by atoms with E-state index in [1.165, 1.54) is 18.3 Å². The molecule has 1 aromatic rings. The summed E-state index contributed by atoms with van der Waals surface area (Å²) < 4.78 is 0.722. The van der Waals surface area contributed by atoms with E-state index in [0.717, 1.165) is 9.21 Å². The lowest BCUT2D eigenvalue weighted by Crippen LogP contribution is -2.25. The minimum atomic E-state index is -0.0141. The maximum Gasteiger partial charge on any atom is 0.223 e. The summed E-state index contributed by atoms with van der Waals surface area (Å²) in [5, 5.41) is 0. The lowest BCUT2D eigenvalue weighted by molar-refractivity contribution is -0.132. The monoisotopic (exact) mass is 259 g/mol. The number of hydrogen-bond acceptors (Lipinski definition) is 3. The lowest BCUT2D eigenvalue weighted by Gasteiger charge is -2.15. The van der Waals surface area contributed by atoms with Crippen molar-refractivity contribution in [2.24, 2.45) is 0 Å². The zero-order chi connectivity index (χ0) is 12.1. The molecule has 0 spiro atoms. The summed E-state index contributed by atoms with van der Waals surface area (Å²) >= 11 is 7.26. The van der Waals surface area contributed by atoms with E-state index in [4.69, 9.17) is 11.6 Å². The van der Waals surface area contributed by atoms with Gasteiger partial charge in [-0.3, -0.25) is 4.79 Å². The van der Waals surface area contributed by atoms with Gasteiger partial charge in [0.05, 0.1) is 10.9 Å². The van der Waals surface area contributed by atoms with Crippen LogP contribution in [-0.4, -0.2) is 23.6 Å². The predicted molar refractivity (Wildman–Crippen MR) is 65.7 cm³/mol.